The van der Waals surface area contributed by atoms with Gasteiger partial charge in [0.05, 0.1) is 0 Å². The van der Waals surface area contributed by atoms with Crippen LogP contribution in [0.15, 0.2) is 30.3 Å². The van der Waals surface area contributed by atoms with E-state index < -0.39 is 0 Å². The maximum Gasteiger partial charge on any atom is 0.225 e. The number of carbonyl (C=O) groups excluding carboxylic acids is 1. The van der Waals surface area contributed by atoms with Crippen LogP contribution in [0.5, 0.6) is 0 Å². The molecule has 3 nitrogen and oxygen atoms in total. The molecular weight excluding hydrogens is 260 g/mol. The van der Waals surface area contributed by atoms with Crippen molar-refractivity contribution in [3.05, 3.63) is 35.9 Å². The average molecular weight is 288 g/mol. The summed E-state index contributed by atoms with van der Waals surface area (Å²) in [5, 5.41) is 0. The largest absolute Gasteiger partial charge is 0.340 e. The van der Waals surface area contributed by atoms with Crippen molar-refractivity contribution in [1.82, 2.24) is 9.80 Å². The predicted octanol–water partition coefficient (Wildman–Crippen LogP) is 3.01. The van der Waals surface area contributed by atoms with Gasteiger partial charge in [0.25, 0.3) is 0 Å². The van der Waals surface area contributed by atoms with Gasteiger partial charge in [-0.3, -0.25) is 9.69 Å². The number of rotatable bonds is 4. The number of carbonyl (C=O) groups is 1. The molecule has 1 aromatic carbocycles. The molecule has 21 heavy (non-hydrogen) atoms. The van der Waals surface area contributed by atoms with Gasteiger partial charge < -0.3 is 4.90 Å². The Balaban J connectivity index is 2.05. The zero-order chi connectivity index (χ0) is 15.4. The third kappa shape index (κ3) is 4.07. The van der Waals surface area contributed by atoms with Crippen LogP contribution in [-0.4, -0.2) is 41.4 Å². The van der Waals surface area contributed by atoms with Gasteiger partial charge in [-0.2, -0.15) is 0 Å². The van der Waals surface area contributed by atoms with Crippen LogP contribution >= 0.6 is 0 Å². The lowest BCUT2D eigenvalue weighted by Gasteiger charge is -2.44. The van der Waals surface area contributed by atoms with Crippen molar-refractivity contribution >= 4 is 5.91 Å². The minimum Gasteiger partial charge on any atom is -0.340 e. The normalized spacial score (nSPS) is 20.3. The Morgan fingerprint density at radius 2 is 1.81 bits per heavy atom. The van der Waals surface area contributed by atoms with Gasteiger partial charge >= 0.3 is 0 Å². The maximum atomic E-state index is 12.2. The Kier molecular flexibility index (Phi) is 5.40. The number of nitrogens with zero attached hydrogens (tertiary/aromatic N) is 2. The second kappa shape index (κ2) is 7.08. The van der Waals surface area contributed by atoms with Crippen molar-refractivity contribution in [2.75, 3.05) is 19.6 Å². The van der Waals surface area contributed by atoms with Crippen molar-refractivity contribution in [3.8, 4) is 0 Å². The molecule has 1 amide bonds. The molecule has 0 radical (unpaired) electrons. The third-order valence-electron chi connectivity index (χ3n) is 4.34. The molecule has 1 fully saturated rings. The van der Waals surface area contributed by atoms with E-state index in [1.54, 1.807) is 0 Å². The number of benzene rings is 1. The van der Waals surface area contributed by atoms with Gasteiger partial charge in [0.2, 0.25) is 5.91 Å². The van der Waals surface area contributed by atoms with Gasteiger partial charge in [-0.1, -0.05) is 58.0 Å². The Bertz CT molecular complexity index is 456. The van der Waals surface area contributed by atoms with Crippen molar-refractivity contribution in [2.45, 2.75) is 40.3 Å². The van der Waals surface area contributed by atoms with Crippen LogP contribution in [0.3, 0.4) is 0 Å². The van der Waals surface area contributed by atoms with Crippen LogP contribution in [-0.2, 0) is 11.3 Å². The predicted molar refractivity (Wildman–Crippen MR) is 86.9 cm³/mol. The highest BCUT2D eigenvalue weighted by Crippen LogP contribution is 2.21. The lowest BCUT2D eigenvalue weighted by atomic mass is 9.98. The Morgan fingerprint density at radius 3 is 2.38 bits per heavy atom. The molecule has 0 aliphatic carbocycles. The van der Waals surface area contributed by atoms with Crippen molar-refractivity contribution < 1.29 is 4.79 Å². The first kappa shape index (κ1) is 16.0. The minimum absolute atomic E-state index is 0.0958. The average Bonchev–Trinajstić information content (AvgIpc) is 2.47. The fourth-order valence-electron chi connectivity index (χ4n) is 3.06. The molecule has 3 heteroatoms. The summed E-state index contributed by atoms with van der Waals surface area (Å²) < 4.78 is 0. The Morgan fingerprint density at radius 1 is 1.14 bits per heavy atom. The number of hydrogen-bond acceptors (Lipinski definition) is 2. The van der Waals surface area contributed by atoms with Gasteiger partial charge in [-0.15, -0.1) is 0 Å². The molecule has 0 saturated carbocycles. The summed E-state index contributed by atoms with van der Waals surface area (Å²) in [6, 6.07) is 11.1. The second-order valence-corrected chi connectivity index (χ2v) is 6.71. The van der Waals surface area contributed by atoms with E-state index in [1.807, 2.05) is 13.8 Å². The summed E-state index contributed by atoms with van der Waals surface area (Å²) in [4.78, 5) is 16.8. The Labute approximate surface area is 128 Å². The smallest absolute Gasteiger partial charge is 0.225 e. The molecule has 1 atom stereocenters. The molecule has 0 unspecified atom stereocenters. The summed E-state index contributed by atoms with van der Waals surface area (Å²) in [7, 11) is 0. The van der Waals surface area contributed by atoms with Crippen LogP contribution in [0.2, 0.25) is 0 Å². The fourth-order valence-corrected chi connectivity index (χ4v) is 3.06. The molecule has 1 aliphatic rings. The first-order valence-corrected chi connectivity index (χ1v) is 8.05. The molecule has 1 aliphatic heterocycles. The van der Waals surface area contributed by atoms with E-state index in [-0.39, 0.29) is 5.92 Å². The zero-order valence-electron chi connectivity index (χ0n) is 13.7. The molecule has 116 valence electrons. The molecule has 0 N–H and O–H groups in total. The Hall–Kier alpha value is -1.35. The van der Waals surface area contributed by atoms with Crippen molar-refractivity contribution in [1.29, 1.82) is 0 Å². The first-order valence-electron chi connectivity index (χ1n) is 8.05. The van der Waals surface area contributed by atoms with Gasteiger partial charge in [-0.25, -0.2) is 0 Å². The summed E-state index contributed by atoms with van der Waals surface area (Å²) in [6.07, 6.45) is 0. The molecule has 1 saturated heterocycles. The van der Waals surface area contributed by atoms with Gasteiger partial charge in [-0.05, 0) is 11.5 Å². The maximum absolute atomic E-state index is 12.2. The molecule has 0 bridgehead atoms. The van der Waals surface area contributed by atoms with Crippen LogP contribution in [0, 0.1) is 11.8 Å². The summed E-state index contributed by atoms with van der Waals surface area (Å²) >= 11 is 0. The SMILES string of the molecule is CC(C)C(=O)N1CCN(Cc2ccccc2)[C@@H](C(C)C)C1. The van der Waals surface area contributed by atoms with Gasteiger partial charge in [0.15, 0.2) is 0 Å². The van der Waals surface area contributed by atoms with E-state index in [0.29, 0.717) is 17.9 Å². The zero-order valence-corrected chi connectivity index (χ0v) is 13.7. The topological polar surface area (TPSA) is 23.6 Å². The summed E-state index contributed by atoms with van der Waals surface area (Å²) in [5.74, 6) is 0.940. The van der Waals surface area contributed by atoms with E-state index in [9.17, 15) is 4.79 Å². The van der Waals surface area contributed by atoms with Gasteiger partial charge in [0, 0.05) is 38.1 Å². The second-order valence-electron chi connectivity index (χ2n) is 6.71. The van der Waals surface area contributed by atoms with Crippen LogP contribution < -0.4 is 0 Å². The molecular formula is C18H28N2O. The number of amides is 1. The molecule has 0 spiro atoms. The highest BCUT2D eigenvalue weighted by atomic mass is 16.2. The lowest BCUT2D eigenvalue weighted by molar-refractivity contribution is -0.138. The summed E-state index contributed by atoms with van der Waals surface area (Å²) in [6.45, 7) is 12.2. The highest BCUT2D eigenvalue weighted by Gasteiger charge is 2.31. The van der Waals surface area contributed by atoms with E-state index in [1.165, 1.54) is 5.56 Å². The van der Waals surface area contributed by atoms with Crippen LogP contribution in [0.1, 0.15) is 33.3 Å². The van der Waals surface area contributed by atoms with Crippen molar-refractivity contribution in [3.63, 3.8) is 0 Å². The minimum atomic E-state index is 0.0958. The molecule has 0 aromatic heterocycles. The van der Waals surface area contributed by atoms with Crippen LogP contribution in [0.4, 0.5) is 0 Å². The van der Waals surface area contributed by atoms with E-state index in [0.717, 1.165) is 26.2 Å². The van der Waals surface area contributed by atoms with E-state index in [4.69, 9.17) is 0 Å². The summed E-state index contributed by atoms with van der Waals surface area (Å²) in [5.41, 5.74) is 1.35. The monoisotopic (exact) mass is 288 g/mol. The number of hydrogen-bond donors (Lipinski definition) is 0. The first-order chi connectivity index (χ1) is 9.99. The molecule has 1 heterocycles. The van der Waals surface area contributed by atoms with E-state index in [2.05, 4.69) is 54.0 Å². The quantitative estimate of drug-likeness (QED) is 0.850. The van der Waals surface area contributed by atoms with E-state index >= 15 is 0 Å². The third-order valence-corrected chi connectivity index (χ3v) is 4.34. The highest BCUT2D eigenvalue weighted by molar-refractivity contribution is 5.78. The molecule has 2 rings (SSSR count). The standard InChI is InChI=1S/C18H28N2O/c1-14(2)17-13-20(18(21)15(3)4)11-10-19(17)12-16-8-6-5-7-9-16/h5-9,14-15,17H,10-13H2,1-4H3/t17-/m1/s1. The molecule has 1 aromatic rings. The number of piperazine rings is 1. The fraction of sp³-hybridized carbons (Fsp3) is 0.611. The van der Waals surface area contributed by atoms with Gasteiger partial charge in [0.1, 0.15) is 0 Å². The van der Waals surface area contributed by atoms with Crippen LogP contribution in [0.25, 0.3) is 0 Å². The van der Waals surface area contributed by atoms with Crippen molar-refractivity contribution in [2.24, 2.45) is 11.8 Å². The lowest BCUT2D eigenvalue weighted by Crippen LogP contribution is -2.56.